The summed E-state index contributed by atoms with van der Waals surface area (Å²) in [5.41, 5.74) is 6.60. The Bertz CT molecular complexity index is 884. The van der Waals surface area contributed by atoms with Crippen LogP contribution < -0.4 is 15.6 Å². The van der Waals surface area contributed by atoms with Crippen LogP contribution in [0.25, 0.3) is 0 Å². The van der Waals surface area contributed by atoms with E-state index in [1.807, 2.05) is 48.4 Å². The Labute approximate surface area is 176 Å². The summed E-state index contributed by atoms with van der Waals surface area (Å²) in [6, 6.07) is 7.95. The van der Waals surface area contributed by atoms with E-state index in [1.54, 1.807) is 12.0 Å². The van der Waals surface area contributed by atoms with Crippen molar-refractivity contribution in [3.8, 4) is 5.75 Å². The fourth-order valence-corrected chi connectivity index (χ4v) is 5.33. The fourth-order valence-electron chi connectivity index (χ4n) is 5.33. The number of amides is 2. The van der Waals surface area contributed by atoms with Crippen molar-refractivity contribution in [1.82, 2.24) is 20.7 Å². The van der Waals surface area contributed by atoms with Crippen LogP contribution in [-0.4, -0.2) is 73.2 Å². The van der Waals surface area contributed by atoms with E-state index in [0.29, 0.717) is 19.6 Å². The Balaban J connectivity index is 1.33. The summed E-state index contributed by atoms with van der Waals surface area (Å²) in [6.07, 6.45) is 4.62. The van der Waals surface area contributed by atoms with E-state index in [1.165, 1.54) is 0 Å². The number of carbonyl (C=O) groups excluding carboxylic acids is 2. The van der Waals surface area contributed by atoms with Gasteiger partial charge in [-0.15, -0.1) is 0 Å². The average Bonchev–Trinajstić information content (AvgIpc) is 3.51. The molecule has 1 aromatic carbocycles. The zero-order valence-electron chi connectivity index (χ0n) is 17.3. The monoisotopic (exact) mass is 412 g/mol. The largest absolute Gasteiger partial charge is 0.497 e. The Kier molecular flexibility index (Phi) is 4.80. The summed E-state index contributed by atoms with van der Waals surface area (Å²) in [7, 11) is 3.45. The van der Waals surface area contributed by atoms with Crippen LogP contribution in [0.4, 0.5) is 0 Å². The number of ether oxygens (including phenoxy) is 2. The van der Waals surface area contributed by atoms with Crippen molar-refractivity contribution in [2.75, 3.05) is 33.8 Å². The normalized spacial score (nSPS) is 33.9. The van der Waals surface area contributed by atoms with E-state index < -0.39 is 17.4 Å². The maximum Gasteiger partial charge on any atom is 0.230 e. The molecule has 2 amide bonds. The van der Waals surface area contributed by atoms with Crippen molar-refractivity contribution in [2.24, 2.45) is 11.8 Å². The lowest BCUT2D eigenvalue weighted by Gasteiger charge is -2.29. The second kappa shape index (κ2) is 7.37. The number of hydrogen-bond acceptors (Lipinski definition) is 6. The van der Waals surface area contributed by atoms with Crippen molar-refractivity contribution in [3.63, 3.8) is 0 Å². The second-order valence-corrected chi connectivity index (χ2v) is 8.72. The Hall–Kier alpha value is -2.42. The number of likely N-dealkylation sites (tertiary alicyclic amines) is 1. The molecule has 4 heterocycles. The molecular weight excluding hydrogens is 384 g/mol. The van der Waals surface area contributed by atoms with Gasteiger partial charge in [0, 0.05) is 32.7 Å². The number of fused-ring (bicyclic) bond motifs is 1. The molecular formula is C22H28N4O4. The lowest BCUT2D eigenvalue weighted by molar-refractivity contribution is -0.142. The maximum atomic E-state index is 13.4. The Morgan fingerprint density at radius 3 is 3.07 bits per heavy atom. The first-order valence-electron chi connectivity index (χ1n) is 10.5. The molecule has 0 saturated carbocycles. The number of hydrogen-bond donors (Lipinski definition) is 2. The molecule has 5 rings (SSSR count). The zero-order chi connectivity index (χ0) is 20.9. The summed E-state index contributed by atoms with van der Waals surface area (Å²) in [5.74, 6) is -0.169. The van der Waals surface area contributed by atoms with Crippen LogP contribution in [0.2, 0.25) is 0 Å². The van der Waals surface area contributed by atoms with Gasteiger partial charge in [0.1, 0.15) is 11.4 Å². The summed E-state index contributed by atoms with van der Waals surface area (Å²) in [4.78, 5) is 30.3. The Morgan fingerprint density at radius 1 is 1.43 bits per heavy atom. The lowest BCUT2D eigenvalue weighted by atomic mass is 9.76. The highest BCUT2D eigenvalue weighted by atomic mass is 16.5. The SMILES string of the molecule is COc1cccc(CN2C[C@@]34C=C[C@@H](O3)C(C(=O)N(C)CC3CCNN3)C4C2=O)c1. The van der Waals surface area contributed by atoms with Crippen LogP contribution in [-0.2, 0) is 20.9 Å². The summed E-state index contributed by atoms with van der Waals surface area (Å²) in [6.45, 7) is 2.46. The molecule has 4 aliphatic rings. The third kappa shape index (κ3) is 3.10. The number of benzene rings is 1. The van der Waals surface area contributed by atoms with Gasteiger partial charge >= 0.3 is 0 Å². The van der Waals surface area contributed by atoms with Crippen molar-refractivity contribution in [3.05, 3.63) is 42.0 Å². The second-order valence-electron chi connectivity index (χ2n) is 8.72. The van der Waals surface area contributed by atoms with Gasteiger partial charge in [-0.05, 0) is 24.1 Å². The van der Waals surface area contributed by atoms with E-state index in [2.05, 4.69) is 10.9 Å². The molecule has 0 aromatic heterocycles. The van der Waals surface area contributed by atoms with Gasteiger partial charge in [0.2, 0.25) is 11.8 Å². The summed E-state index contributed by atoms with van der Waals surface area (Å²) in [5, 5.41) is 0. The number of nitrogens with one attached hydrogen (secondary N) is 2. The molecule has 8 heteroatoms. The van der Waals surface area contributed by atoms with E-state index >= 15 is 0 Å². The van der Waals surface area contributed by atoms with Crippen molar-refractivity contribution >= 4 is 11.8 Å². The highest BCUT2D eigenvalue weighted by Crippen LogP contribution is 2.52. The molecule has 4 aliphatic heterocycles. The van der Waals surface area contributed by atoms with Crippen LogP contribution in [0, 0.1) is 11.8 Å². The molecule has 30 heavy (non-hydrogen) atoms. The number of likely N-dealkylation sites (N-methyl/N-ethyl adjacent to an activating group) is 1. The maximum absolute atomic E-state index is 13.4. The number of methoxy groups -OCH3 is 1. The molecule has 3 unspecified atom stereocenters. The molecule has 2 N–H and O–H groups in total. The van der Waals surface area contributed by atoms with Gasteiger partial charge in [-0.25, -0.2) is 0 Å². The predicted octanol–water partition coefficient (Wildman–Crippen LogP) is 0.302. The molecule has 1 aromatic rings. The van der Waals surface area contributed by atoms with Gasteiger partial charge in [-0.1, -0.05) is 24.3 Å². The van der Waals surface area contributed by atoms with Crippen LogP contribution in [0.15, 0.2) is 36.4 Å². The van der Waals surface area contributed by atoms with Crippen LogP contribution in [0.5, 0.6) is 5.75 Å². The molecule has 0 aliphatic carbocycles. The molecule has 1 spiro atoms. The van der Waals surface area contributed by atoms with E-state index in [4.69, 9.17) is 9.47 Å². The van der Waals surface area contributed by atoms with E-state index in [0.717, 1.165) is 24.3 Å². The van der Waals surface area contributed by atoms with Gasteiger partial charge in [0.15, 0.2) is 0 Å². The van der Waals surface area contributed by atoms with Crippen molar-refractivity contribution in [2.45, 2.75) is 30.7 Å². The molecule has 3 saturated heterocycles. The minimum Gasteiger partial charge on any atom is -0.497 e. The molecule has 160 valence electrons. The predicted molar refractivity (Wildman–Crippen MR) is 109 cm³/mol. The summed E-state index contributed by atoms with van der Waals surface area (Å²) < 4.78 is 11.5. The average molecular weight is 412 g/mol. The minimum absolute atomic E-state index is 0.00271. The van der Waals surface area contributed by atoms with Gasteiger partial charge in [-0.3, -0.25) is 20.4 Å². The zero-order valence-corrected chi connectivity index (χ0v) is 17.3. The molecule has 3 fully saturated rings. The van der Waals surface area contributed by atoms with Gasteiger partial charge < -0.3 is 19.3 Å². The number of hydrazine groups is 1. The quantitative estimate of drug-likeness (QED) is 0.654. The van der Waals surface area contributed by atoms with Gasteiger partial charge in [0.25, 0.3) is 0 Å². The smallest absolute Gasteiger partial charge is 0.230 e. The first kappa shape index (κ1) is 19.5. The van der Waals surface area contributed by atoms with Crippen molar-refractivity contribution in [1.29, 1.82) is 0 Å². The van der Waals surface area contributed by atoms with Gasteiger partial charge in [-0.2, -0.15) is 0 Å². The minimum atomic E-state index is -0.686. The fraction of sp³-hybridized carbons (Fsp3) is 0.545. The van der Waals surface area contributed by atoms with Crippen molar-refractivity contribution < 1.29 is 19.1 Å². The lowest BCUT2D eigenvalue weighted by Crippen LogP contribution is -2.48. The standard InChI is InChI=1S/C22H28N4O4/c1-25(12-15-7-9-23-24-15)20(27)18-17-6-8-22(30-17)13-26(21(28)19(18)22)11-14-4-3-5-16(10-14)29-2/h3-6,8,10,15,17-19,23-24H,7,9,11-13H2,1-2H3/t15?,17-,18?,19?,22-/m1/s1. The highest BCUT2D eigenvalue weighted by Gasteiger charge is 2.67. The van der Waals surface area contributed by atoms with E-state index in [-0.39, 0.29) is 24.0 Å². The topological polar surface area (TPSA) is 83.1 Å². The Morgan fingerprint density at radius 2 is 2.30 bits per heavy atom. The summed E-state index contributed by atoms with van der Waals surface area (Å²) >= 11 is 0. The number of carbonyl (C=O) groups is 2. The van der Waals surface area contributed by atoms with Crippen LogP contribution in [0.3, 0.4) is 0 Å². The molecule has 5 atom stereocenters. The number of rotatable bonds is 6. The molecule has 8 nitrogen and oxygen atoms in total. The third-order valence-corrected chi connectivity index (χ3v) is 6.77. The first-order valence-corrected chi connectivity index (χ1v) is 10.5. The molecule has 2 bridgehead atoms. The van der Waals surface area contributed by atoms with Crippen LogP contribution >= 0.6 is 0 Å². The first-order chi connectivity index (χ1) is 14.5. The van der Waals surface area contributed by atoms with E-state index in [9.17, 15) is 9.59 Å². The molecule has 0 radical (unpaired) electrons. The third-order valence-electron chi connectivity index (χ3n) is 6.77. The number of nitrogens with zero attached hydrogens (tertiary/aromatic N) is 2. The van der Waals surface area contributed by atoms with Crippen LogP contribution in [0.1, 0.15) is 12.0 Å². The van der Waals surface area contributed by atoms with Gasteiger partial charge in [0.05, 0.1) is 31.6 Å². The highest BCUT2D eigenvalue weighted by molar-refractivity contribution is 5.93.